The number of hydrogen-bond donors (Lipinski definition) is 4. The van der Waals surface area contributed by atoms with E-state index >= 15 is 4.39 Å². The van der Waals surface area contributed by atoms with Crippen molar-refractivity contribution in [2.45, 2.75) is 73.8 Å². The highest BCUT2D eigenvalue weighted by Crippen LogP contribution is 2.43. The van der Waals surface area contributed by atoms with Crippen molar-refractivity contribution in [3.05, 3.63) is 59.2 Å². The van der Waals surface area contributed by atoms with Gasteiger partial charge in [-0.1, -0.05) is 11.8 Å². The molecule has 47 heavy (non-hydrogen) atoms. The number of ether oxygens (including phenoxy) is 1. The predicted octanol–water partition coefficient (Wildman–Crippen LogP) is 2.25. The van der Waals surface area contributed by atoms with Crippen LogP contribution in [0.3, 0.4) is 0 Å². The molecule has 13 nitrogen and oxygen atoms in total. The Kier molecular flexibility index (Phi) is 8.22. The van der Waals surface area contributed by atoms with Gasteiger partial charge in [0.25, 0.3) is 5.91 Å². The zero-order valence-corrected chi connectivity index (χ0v) is 26.7. The van der Waals surface area contributed by atoms with E-state index in [1.54, 1.807) is 24.5 Å². The average Bonchev–Trinajstić information content (AvgIpc) is 3.52. The number of carbonyl (C=O) groups excluding carboxylic acids is 3. The summed E-state index contributed by atoms with van der Waals surface area (Å²) in [6.07, 6.45) is 5.41. The molecule has 15 heteroatoms. The zero-order valence-electron chi connectivity index (χ0n) is 25.9. The second-order valence-corrected chi connectivity index (χ2v) is 13.7. The third-order valence-corrected chi connectivity index (χ3v) is 10.8. The number of anilines is 3. The molecule has 6 N–H and O–H groups in total. The van der Waals surface area contributed by atoms with Gasteiger partial charge in [0.15, 0.2) is 5.82 Å². The summed E-state index contributed by atoms with van der Waals surface area (Å²) >= 11 is 1.38. The molecule has 1 unspecified atom stereocenters. The molecule has 7 rings (SSSR count). The Morgan fingerprint density at radius 1 is 1.17 bits per heavy atom. The number of rotatable bonds is 7. The third-order valence-electron chi connectivity index (χ3n) is 9.77. The van der Waals surface area contributed by atoms with Crippen LogP contribution in [-0.2, 0) is 27.4 Å². The van der Waals surface area contributed by atoms with Gasteiger partial charge in [0.05, 0.1) is 18.9 Å². The monoisotopic (exact) mass is 661 g/mol. The number of nitrogen functional groups attached to an aromatic ring is 2. The van der Waals surface area contributed by atoms with Crippen LogP contribution in [0.25, 0.3) is 0 Å². The van der Waals surface area contributed by atoms with E-state index in [1.807, 2.05) is 13.0 Å². The van der Waals surface area contributed by atoms with Crippen LogP contribution in [0.2, 0.25) is 0 Å². The Balaban J connectivity index is 0.993. The second kappa shape index (κ2) is 12.4. The van der Waals surface area contributed by atoms with Gasteiger partial charge in [-0.3, -0.25) is 19.7 Å². The largest absolute Gasteiger partial charge is 0.384 e. The first-order valence-corrected chi connectivity index (χ1v) is 16.5. The molecule has 3 fully saturated rings. The molecule has 6 heterocycles. The van der Waals surface area contributed by atoms with Gasteiger partial charge < -0.3 is 31.3 Å². The van der Waals surface area contributed by atoms with Gasteiger partial charge in [-0.05, 0) is 56.0 Å². The number of aromatic nitrogens is 3. The third kappa shape index (κ3) is 5.98. The minimum atomic E-state index is -0.745. The van der Waals surface area contributed by atoms with E-state index < -0.39 is 23.7 Å². The minimum Gasteiger partial charge on any atom is -0.384 e. The average molecular weight is 662 g/mol. The fraction of sp³-hybridized carbons (Fsp3) is 0.438. The van der Waals surface area contributed by atoms with Crippen molar-refractivity contribution in [2.75, 3.05) is 36.1 Å². The van der Waals surface area contributed by atoms with Gasteiger partial charge in [0.1, 0.15) is 28.5 Å². The van der Waals surface area contributed by atoms with Crippen molar-refractivity contribution < 1.29 is 23.5 Å². The molecule has 0 saturated carbocycles. The van der Waals surface area contributed by atoms with Crippen LogP contribution < -0.4 is 27.0 Å². The number of pyridine rings is 1. The van der Waals surface area contributed by atoms with Crippen LogP contribution >= 0.6 is 11.8 Å². The molecule has 3 saturated heterocycles. The molecular formula is C32H36FN9O4S. The number of halogens is 1. The highest BCUT2D eigenvalue weighted by atomic mass is 32.2. The van der Waals surface area contributed by atoms with Gasteiger partial charge >= 0.3 is 0 Å². The van der Waals surface area contributed by atoms with Crippen molar-refractivity contribution in [1.82, 2.24) is 30.5 Å². The lowest BCUT2D eigenvalue weighted by molar-refractivity contribution is -0.136. The van der Waals surface area contributed by atoms with Crippen molar-refractivity contribution in [3.63, 3.8) is 0 Å². The molecule has 246 valence electrons. The number of carbonyl (C=O) groups is 3. The number of benzene rings is 1. The lowest BCUT2D eigenvalue weighted by atomic mass is 9.73. The SMILES string of the molecule is C[C@@H]1OCC2(CCN(c3cnc(Sc4ccnc(N)c4)c(N)n3)CC2)[C@@H]1NCc1cc2c(cc1F)C(=O)N(C1CCC(=O)NC1=O)C2. The number of hydrogen-bond acceptors (Lipinski definition) is 12. The Bertz CT molecular complexity index is 1750. The first-order valence-electron chi connectivity index (χ1n) is 15.7. The van der Waals surface area contributed by atoms with E-state index in [2.05, 4.69) is 30.5 Å². The fourth-order valence-corrected chi connectivity index (χ4v) is 8.00. The van der Waals surface area contributed by atoms with Crippen molar-refractivity contribution >= 4 is 46.9 Å². The minimum absolute atomic E-state index is 0.0124. The van der Waals surface area contributed by atoms with Gasteiger partial charge in [-0.25, -0.2) is 19.3 Å². The molecule has 3 amide bonds. The van der Waals surface area contributed by atoms with Crippen LogP contribution in [0.4, 0.5) is 21.8 Å². The molecule has 3 atom stereocenters. The number of nitrogens with one attached hydrogen (secondary N) is 2. The highest BCUT2D eigenvalue weighted by Gasteiger charge is 2.49. The maximum atomic E-state index is 15.4. The quantitative estimate of drug-likeness (QED) is 0.272. The summed E-state index contributed by atoms with van der Waals surface area (Å²) < 4.78 is 21.5. The Hall–Kier alpha value is -4.34. The second-order valence-electron chi connectivity index (χ2n) is 12.7. The van der Waals surface area contributed by atoms with Gasteiger partial charge in [-0.2, -0.15) is 0 Å². The summed E-state index contributed by atoms with van der Waals surface area (Å²) in [4.78, 5) is 54.8. The van der Waals surface area contributed by atoms with Gasteiger partial charge in [0, 0.05) is 66.3 Å². The molecule has 1 aromatic carbocycles. The topological polar surface area (TPSA) is 182 Å². The summed E-state index contributed by atoms with van der Waals surface area (Å²) in [6.45, 7) is 4.57. The molecule has 1 spiro atoms. The molecule has 4 aliphatic heterocycles. The van der Waals surface area contributed by atoms with Gasteiger partial charge in [0.2, 0.25) is 11.8 Å². The Labute approximate surface area is 275 Å². The molecule has 0 bridgehead atoms. The first kappa shape index (κ1) is 31.3. The van der Waals surface area contributed by atoms with Gasteiger partial charge in [-0.15, -0.1) is 0 Å². The number of fused-ring (bicyclic) bond motifs is 1. The number of nitrogens with zero attached hydrogens (tertiary/aromatic N) is 5. The smallest absolute Gasteiger partial charge is 0.255 e. The Morgan fingerprint density at radius 3 is 2.72 bits per heavy atom. The maximum Gasteiger partial charge on any atom is 0.255 e. The van der Waals surface area contributed by atoms with E-state index in [9.17, 15) is 14.4 Å². The fourth-order valence-electron chi connectivity index (χ4n) is 7.21. The summed E-state index contributed by atoms with van der Waals surface area (Å²) in [6, 6.07) is 5.83. The lowest BCUT2D eigenvalue weighted by Gasteiger charge is -2.43. The highest BCUT2D eigenvalue weighted by molar-refractivity contribution is 7.99. The van der Waals surface area contributed by atoms with Crippen LogP contribution in [0.5, 0.6) is 0 Å². The summed E-state index contributed by atoms with van der Waals surface area (Å²) in [5.74, 6) is -0.225. The molecule has 2 aromatic heterocycles. The molecule has 4 aliphatic rings. The summed E-state index contributed by atoms with van der Waals surface area (Å²) in [7, 11) is 0. The molecular weight excluding hydrogens is 625 g/mol. The number of nitrogens with two attached hydrogens (primary N) is 2. The first-order chi connectivity index (χ1) is 22.6. The van der Waals surface area contributed by atoms with Crippen molar-refractivity contribution in [3.8, 4) is 0 Å². The number of piperidine rings is 2. The summed E-state index contributed by atoms with van der Waals surface area (Å²) in [5.41, 5.74) is 13.3. The maximum absolute atomic E-state index is 15.4. The summed E-state index contributed by atoms with van der Waals surface area (Å²) in [5, 5.41) is 6.48. The van der Waals surface area contributed by atoms with Crippen LogP contribution in [0.15, 0.2) is 46.6 Å². The number of imide groups is 1. The van der Waals surface area contributed by atoms with E-state index in [1.165, 1.54) is 22.7 Å². The van der Waals surface area contributed by atoms with E-state index in [0.717, 1.165) is 30.8 Å². The zero-order chi connectivity index (χ0) is 32.9. The van der Waals surface area contributed by atoms with E-state index in [0.29, 0.717) is 40.2 Å². The van der Waals surface area contributed by atoms with E-state index in [-0.39, 0.29) is 55.0 Å². The number of amides is 3. The van der Waals surface area contributed by atoms with Crippen LogP contribution in [0.1, 0.15) is 54.1 Å². The standard InChI is InChI=1S/C32H36FN9O4S/c1-17-27(37-13-18-10-19-15-42(31(45)21(19)12-22(18)33)23-2-3-26(43)40-29(23)44)32(16-46-17)5-8-41(9-6-32)25-14-38-30(28(35)39-25)47-20-4-7-36-24(34)11-20/h4,7,10-12,14,17,23,27,37H,2-3,5-6,8-9,13,15-16H2,1H3,(H2,34,36)(H2,35,39)(H,40,43,44)/t17-,23?,27+/m0/s1. The van der Waals surface area contributed by atoms with Crippen LogP contribution in [0, 0.1) is 11.2 Å². The Morgan fingerprint density at radius 2 is 1.98 bits per heavy atom. The molecule has 0 radical (unpaired) electrons. The normalized spacial score (nSPS) is 23.8. The van der Waals surface area contributed by atoms with E-state index in [4.69, 9.17) is 16.2 Å². The molecule has 0 aliphatic carbocycles. The van der Waals surface area contributed by atoms with Crippen molar-refractivity contribution in [2.24, 2.45) is 5.41 Å². The lowest BCUT2D eigenvalue weighted by Crippen LogP contribution is -2.52. The predicted molar refractivity (Wildman–Crippen MR) is 172 cm³/mol. The van der Waals surface area contributed by atoms with Crippen LogP contribution in [-0.4, -0.2) is 75.5 Å². The molecule has 3 aromatic rings. The van der Waals surface area contributed by atoms with Crippen molar-refractivity contribution in [1.29, 1.82) is 0 Å².